The van der Waals surface area contributed by atoms with Crippen molar-refractivity contribution in [2.24, 2.45) is 5.92 Å². The lowest BCUT2D eigenvalue weighted by Crippen LogP contribution is -2.48. The third-order valence-electron chi connectivity index (χ3n) is 4.52. The van der Waals surface area contributed by atoms with Crippen molar-refractivity contribution >= 4 is 11.9 Å². The quantitative estimate of drug-likeness (QED) is 0.844. The number of benzene rings is 1. The lowest BCUT2D eigenvalue weighted by atomic mass is 9.87. The zero-order valence-corrected chi connectivity index (χ0v) is 15.4. The van der Waals surface area contributed by atoms with Gasteiger partial charge in [-0.2, -0.15) is 0 Å². The summed E-state index contributed by atoms with van der Waals surface area (Å²) in [6.07, 6.45) is 0.740. The van der Waals surface area contributed by atoms with E-state index in [0.29, 0.717) is 6.42 Å². The summed E-state index contributed by atoms with van der Waals surface area (Å²) in [5.74, 6) is -1.71. The molecule has 138 valence electrons. The van der Waals surface area contributed by atoms with E-state index >= 15 is 0 Å². The first-order valence-corrected chi connectivity index (χ1v) is 8.46. The summed E-state index contributed by atoms with van der Waals surface area (Å²) in [6, 6.07) is 5.47. The first-order valence-electron chi connectivity index (χ1n) is 8.46. The number of hydrogen-bond acceptors (Lipinski definition) is 5. The molecule has 1 heterocycles. The lowest BCUT2D eigenvalue weighted by molar-refractivity contribution is -0.160. The van der Waals surface area contributed by atoms with Crippen LogP contribution < -0.4 is 5.32 Å². The molecule has 1 N–H and O–H groups in total. The van der Waals surface area contributed by atoms with Crippen LogP contribution in [0.25, 0.3) is 0 Å². The third-order valence-corrected chi connectivity index (χ3v) is 4.52. The zero-order chi connectivity index (χ0) is 18.8. The van der Waals surface area contributed by atoms with Gasteiger partial charge in [0, 0.05) is 6.04 Å². The molecule has 1 aromatic carbocycles. The van der Waals surface area contributed by atoms with E-state index in [4.69, 9.17) is 9.47 Å². The van der Waals surface area contributed by atoms with Gasteiger partial charge < -0.3 is 9.47 Å². The fraction of sp³-hybridized carbons (Fsp3) is 0.579. The molecule has 0 aliphatic carbocycles. The summed E-state index contributed by atoms with van der Waals surface area (Å²) < 4.78 is 23.8. The van der Waals surface area contributed by atoms with Gasteiger partial charge in [-0.1, -0.05) is 19.1 Å². The van der Waals surface area contributed by atoms with Crippen LogP contribution in [0.15, 0.2) is 24.3 Å². The van der Waals surface area contributed by atoms with E-state index < -0.39 is 29.1 Å². The molecule has 1 fully saturated rings. The van der Waals surface area contributed by atoms with Crippen LogP contribution in [0, 0.1) is 11.7 Å². The van der Waals surface area contributed by atoms with E-state index in [1.807, 2.05) is 6.92 Å². The van der Waals surface area contributed by atoms with Crippen molar-refractivity contribution in [2.75, 3.05) is 7.11 Å². The monoisotopic (exact) mass is 351 g/mol. The SMILES string of the molecule is CC[C@@]1(C(=O)OC)C[C@H](C(=O)OC(C)(C)C)[C@H](c2ccc(F)cc2)N1. The van der Waals surface area contributed by atoms with E-state index in [-0.39, 0.29) is 18.2 Å². The predicted molar refractivity (Wildman–Crippen MR) is 91.3 cm³/mol. The number of nitrogens with one attached hydrogen (secondary N) is 1. The molecular formula is C19H26FNO4. The van der Waals surface area contributed by atoms with Crippen LogP contribution in [0.1, 0.15) is 52.1 Å². The largest absolute Gasteiger partial charge is 0.468 e. The zero-order valence-electron chi connectivity index (χ0n) is 15.4. The Balaban J connectivity index is 2.39. The molecule has 0 unspecified atom stereocenters. The Kier molecular flexibility index (Phi) is 5.52. The number of hydrogen-bond donors (Lipinski definition) is 1. The number of methoxy groups -OCH3 is 1. The molecule has 0 radical (unpaired) electrons. The Bertz CT molecular complexity index is 638. The predicted octanol–water partition coefficient (Wildman–Crippen LogP) is 3.14. The van der Waals surface area contributed by atoms with Gasteiger partial charge in [0.2, 0.25) is 0 Å². The van der Waals surface area contributed by atoms with Crippen LogP contribution in [-0.4, -0.2) is 30.2 Å². The lowest BCUT2D eigenvalue weighted by Gasteiger charge is -2.26. The highest BCUT2D eigenvalue weighted by Crippen LogP contribution is 2.41. The number of rotatable bonds is 4. The molecule has 0 bridgehead atoms. The van der Waals surface area contributed by atoms with Crippen LogP contribution in [0.3, 0.4) is 0 Å². The number of carbonyl (C=O) groups excluding carboxylic acids is 2. The summed E-state index contributed by atoms with van der Waals surface area (Å²) in [4.78, 5) is 25.1. The molecule has 2 rings (SSSR count). The second-order valence-electron chi connectivity index (χ2n) is 7.44. The van der Waals surface area contributed by atoms with E-state index in [0.717, 1.165) is 5.56 Å². The van der Waals surface area contributed by atoms with Crippen molar-refractivity contribution in [1.29, 1.82) is 0 Å². The molecular weight excluding hydrogens is 325 g/mol. The Hall–Kier alpha value is -1.95. The van der Waals surface area contributed by atoms with E-state index in [9.17, 15) is 14.0 Å². The van der Waals surface area contributed by atoms with Gasteiger partial charge >= 0.3 is 11.9 Å². The second-order valence-corrected chi connectivity index (χ2v) is 7.44. The Morgan fingerprint density at radius 2 is 1.88 bits per heavy atom. The average Bonchev–Trinajstić information content (AvgIpc) is 2.95. The topological polar surface area (TPSA) is 64.6 Å². The van der Waals surface area contributed by atoms with Crippen LogP contribution in [0.5, 0.6) is 0 Å². The smallest absolute Gasteiger partial charge is 0.326 e. The molecule has 1 aromatic rings. The molecule has 1 aliphatic rings. The van der Waals surface area contributed by atoms with Gasteiger partial charge in [-0.05, 0) is 51.3 Å². The number of ether oxygens (including phenoxy) is 2. The third kappa shape index (κ3) is 4.18. The fourth-order valence-corrected chi connectivity index (χ4v) is 3.26. The van der Waals surface area contributed by atoms with Gasteiger partial charge in [-0.3, -0.25) is 14.9 Å². The van der Waals surface area contributed by atoms with Gasteiger partial charge in [0.05, 0.1) is 13.0 Å². The summed E-state index contributed by atoms with van der Waals surface area (Å²) in [5.41, 5.74) is -0.862. The summed E-state index contributed by atoms with van der Waals surface area (Å²) in [5, 5.41) is 3.26. The van der Waals surface area contributed by atoms with Crippen LogP contribution in [0.4, 0.5) is 4.39 Å². The Labute approximate surface area is 147 Å². The number of carbonyl (C=O) groups is 2. The minimum Gasteiger partial charge on any atom is -0.468 e. The highest BCUT2D eigenvalue weighted by molar-refractivity contribution is 5.84. The van der Waals surface area contributed by atoms with Crippen molar-refractivity contribution in [3.63, 3.8) is 0 Å². The van der Waals surface area contributed by atoms with E-state index in [2.05, 4.69) is 5.32 Å². The number of halogens is 1. The van der Waals surface area contributed by atoms with Gasteiger partial charge in [0.15, 0.2) is 0 Å². The molecule has 25 heavy (non-hydrogen) atoms. The maximum Gasteiger partial charge on any atom is 0.326 e. The molecule has 0 spiro atoms. The Morgan fingerprint density at radius 3 is 2.36 bits per heavy atom. The highest BCUT2D eigenvalue weighted by atomic mass is 19.1. The molecule has 6 heteroatoms. The molecule has 1 saturated heterocycles. The normalized spacial score (nSPS) is 26.3. The van der Waals surface area contributed by atoms with Crippen molar-refractivity contribution in [2.45, 2.75) is 57.7 Å². The standard InChI is InChI=1S/C19H26FNO4/c1-6-19(17(23)24-5)11-14(16(22)25-18(2,3)4)15(21-19)12-7-9-13(20)10-8-12/h7-10,14-15,21H,6,11H2,1-5H3/t14-,15-,19-/m0/s1. The van der Waals surface area contributed by atoms with Gasteiger partial charge in [0.25, 0.3) is 0 Å². The molecule has 1 aliphatic heterocycles. The molecule has 3 atom stereocenters. The first-order chi connectivity index (χ1) is 11.6. The van der Waals surface area contributed by atoms with Crippen LogP contribution in [0.2, 0.25) is 0 Å². The minimum absolute atomic E-state index is 0.271. The highest BCUT2D eigenvalue weighted by Gasteiger charge is 2.53. The maximum absolute atomic E-state index is 13.3. The summed E-state index contributed by atoms with van der Waals surface area (Å²) in [6.45, 7) is 7.26. The maximum atomic E-state index is 13.3. The minimum atomic E-state index is -0.963. The Morgan fingerprint density at radius 1 is 1.28 bits per heavy atom. The van der Waals surface area contributed by atoms with Crippen molar-refractivity contribution < 1.29 is 23.5 Å². The molecule has 0 amide bonds. The number of esters is 2. The molecule has 0 aromatic heterocycles. The van der Waals surface area contributed by atoms with E-state index in [1.165, 1.54) is 19.2 Å². The summed E-state index contributed by atoms with van der Waals surface area (Å²) in [7, 11) is 1.33. The average molecular weight is 351 g/mol. The van der Waals surface area contributed by atoms with Crippen LogP contribution in [-0.2, 0) is 19.1 Å². The summed E-state index contributed by atoms with van der Waals surface area (Å²) >= 11 is 0. The van der Waals surface area contributed by atoms with E-state index in [1.54, 1.807) is 32.9 Å². The van der Waals surface area contributed by atoms with Crippen LogP contribution >= 0.6 is 0 Å². The second kappa shape index (κ2) is 7.12. The first kappa shape index (κ1) is 19.4. The van der Waals surface area contributed by atoms with Gasteiger partial charge in [-0.15, -0.1) is 0 Å². The van der Waals surface area contributed by atoms with Crippen molar-refractivity contribution in [3.05, 3.63) is 35.6 Å². The van der Waals surface area contributed by atoms with Crippen molar-refractivity contribution in [1.82, 2.24) is 5.32 Å². The van der Waals surface area contributed by atoms with Gasteiger partial charge in [0.1, 0.15) is 17.0 Å². The molecule has 0 saturated carbocycles. The molecule has 5 nitrogen and oxygen atoms in total. The van der Waals surface area contributed by atoms with Gasteiger partial charge in [-0.25, -0.2) is 4.39 Å². The fourth-order valence-electron chi connectivity index (χ4n) is 3.26. The van der Waals surface area contributed by atoms with Crippen molar-refractivity contribution in [3.8, 4) is 0 Å².